The van der Waals surface area contributed by atoms with Crippen LogP contribution in [0.4, 0.5) is 0 Å². The SMILES string of the molecule is c1cnc(-c2cnc3n[nH]c(-c4nc5c(-c6ccoc6)nccc5[nH]4)c3c2)cn1. The van der Waals surface area contributed by atoms with Crippen LogP contribution < -0.4 is 0 Å². The van der Waals surface area contributed by atoms with Crippen LogP contribution in [0.2, 0.25) is 0 Å². The number of aromatic amines is 2. The van der Waals surface area contributed by atoms with Crippen LogP contribution in [0.5, 0.6) is 0 Å². The lowest BCUT2D eigenvalue weighted by atomic mass is 10.1. The number of hydrogen-bond donors (Lipinski definition) is 2. The third kappa shape index (κ3) is 2.48. The second-order valence-corrected chi connectivity index (χ2v) is 6.44. The Balaban J connectivity index is 1.53. The smallest absolute Gasteiger partial charge is 0.181 e. The van der Waals surface area contributed by atoms with Crippen molar-refractivity contribution in [3.63, 3.8) is 0 Å². The number of nitrogens with zero attached hydrogens (tertiary/aromatic N) is 6. The van der Waals surface area contributed by atoms with Crippen molar-refractivity contribution in [2.24, 2.45) is 0 Å². The molecule has 0 saturated carbocycles. The Labute approximate surface area is 162 Å². The second-order valence-electron chi connectivity index (χ2n) is 6.44. The van der Waals surface area contributed by atoms with Gasteiger partial charge in [-0.05, 0) is 18.2 Å². The van der Waals surface area contributed by atoms with Crippen molar-refractivity contribution >= 4 is 22.1 Å². The van der Waals surface area contributed by atoms with Crippen LogP contribution in [-0.4, -0.2) is 40.1 Å². The van der Waals surface area contributed by atoms with Crippen molar-refractivity contribution in [3.05, 3.63) is 61.7 Å². The Hall–Kier alpha value is -4.40. The van der Waals surface area contributed by atoms with Crippen LogP contribution in [0.1, 0.15) is 0 Å². The van der Waals surface area contributed by atoms with E-state index in [9.17, 15) is 0 Å². The topological polar surface area (TPSA) is 122 Å². The van der Waals surface area contributed by atoms with E-state index in [2.05, 4.69) is 35.1 Å². The zero-order chi connectivity index (χ0) is 19.2. The summed E-state index contributed by atoms with van der Waals surface area (Å²) in [6, 6.07) is 5.73. The molecule has 0 radical (unpaired) electrons. The number of imidazole rings is 1. The molecule has 0 aliphatic carbocycles. The van der Waals surface area contributed by atoms with Crippen LogP contribution in [0.15, 0.2) is 66.1 Å². The first-order valence-electron chi connectivity index (χ1n) is 8.85. The Morgan fingerprint density at radius 3 is 2.79 bits per heavy atom. The molecule has 0 fully saturated rings. The van der Waals surface area contributed by atoms with Gasteiger partial charge in [0.15, 0.2) is 11.5 Å². The van der Waals surface area contributed by atoms with E-state index in [4.69, 9.17) is 9.40 Å². The van der Waals surface area contributed by atoms with Crippen molar-refractivity contribution in [2.45, 2.75) is 0 Å². The summed E-state index contributed by atoms with van der Waals surface area (Å²) in [4.78, 5) is 25.5. The molecule has 0 aliphatic heterocycles. The summed E-state index contributed by atoms with van der Waals surface area (Å²) in [6.07, 6.45) is 11.7. The van der Waals surface area contributed by atoms with Crippen LogP contribution >= 0.6 is 0 Å². The van der Waals surface area contributed by atoms with Crippen LogP contribution in [0.25, 0.3) is 56.1 Å². The van der Waals surface area contributed by atoms with Gasteiger partial charge in [0.2, 0.25) is 0 Å². The minimum Gasteiger partial charge on any atom is -0.472 e. The number of hydrogen-bond acceptors (Lipinski definition) is 7. The van der Waals surface area contributed by atoms with Gasteiger partial charge in [-0.1, -0.05) is 0 Å². The molecule has 6 aromatic rings. The molecular weight excluding hydrogens is 368 g/mol. The van der Waals surface area contributed by atoms with Crippen LogP contribution in [0, 0.1) is 0 Å². The molecule has 6 heterocycles. The van der Waals surface area contributed by atoms with Crippen LogP contribution in [-0.2, 0) is 0 Å². The number of nitrogens with one attached hydrogen (secondary N) is 2. The van der Waals surface area contributed by atoms with Gasteiger partial charge in [0.25, 0.3) is 0 Å². The minimum absolute atomic E-state index is 0.598. The summed E-state index contributed by atoms with van der Waals surface area (Å²) in [6.45, 7) is 0. The van der Waals surface area contributed by atoms with Gasteiger partial charge in [0.1, 0.15) is 16.9 Å². The fraction of sp³-hybridized carbons (Fsp3) is 0. The molecule has 6 aromatic heterocycles. The highest BCUT2D eigenvalue weighted by molar-refractivity contribution is 5.95. The Morgan fingerprint density at radius 2 is 1.93 bits per heavy atom. The number of fused-ring (bicyclic) bond motifs is 2. The van der Waals surface area contributed by atoms with E-state index in [1.54, 1.807) is 43.5 Å². The Kier molecular flexibility index (Phi) is 3.27. The lowest BCUT2D eigenvalue weighted by Crippen LogP contribution is -1.87. The highest BCUT2D eigenvalue weighted by Crippen LogP contribution is 2.31. The van der Waals surface area contributed by atoms with E-state index in [0.29, 0.717) is 11.5 Å². The van der Waals surface area contributed by atoms with E-state index in [1.165, 1.54) is 0 Å². The molecule has 0 bridgehead atoms. The van der Waals surface area contributed by atoms with Gasteiger partial charge in [-0.15, -0.1) is 0 Å². The molecule has 9 nitrogen and oxygen atoms in total. The summed E-state index contributed by atoms with van der Waals surface area (Å²) in [5, 5.41) is 8.19. The predicted octanol–water partition coefficient (Wildman–Crippen LogP) is 3.61. The number of H-pyrrole nitrogens is 2. The molecular formula is C20H12N8O. The Morgan fingerprint density at radius 1 is 0.931 bits per heavy atom. The summed E-state index contributed by atoms with van der Waals surface area (Å²) >= 11 is 0. The van der Waals surface area contributed by atoms with Crippen molar-refractivity contribution in [3.8, 4) is 34.0 Å². The molecule has 6 rings (SSSR count). The molecule has 0 saturated heterocycles. The molecule has 29 heavy (non-hydrogen) atoms. The first-order valence-corrected chi connectivity index (χ1v) is 8.85. The summed E-state index contributed by atoms with van der Waals surface area (Å²) in [5.74, 6) is 0.651. The van der Waals surface area contributed by atoms with Gasteiger partial charge in [0, 0.05) is 35.9 Å². The standard InChI is InChI=1S/C20H12N8O/c1-3-23-16(11-2-6-29-10-11)18-14(1)25-20(26-18)17-13-7-12(8-24-19(13)28-27-17)15-9-21-4-5-22-15/h1-10H,(H,25,26)(H,24,27,28). The van der Waals surface area contributed by atoms with Gasteiger partial charge in [-0.3, -0.25) is 20.1 Å². The van der Waals surface area contributed by atoms with Crippen LogP contribution in [0.3, 0.4) is 0 Å². The maximum atomic E-state index is 5.20. The summed E-state index contributed by atoms with van der Waals surface area (Å²) < 4.78 is 5.20. The lowest BCUT2D eigenvalue weighted by molar-refractivity contribution is 0.568. The average Bonchev–Trinajstić information content (AvgIpc) is 3.52. The number of aromatic nitrogens is 8. The fourth-order valence-corrected chi connectivity index (χ4v) is 3.33. The molecule has 0 aliphatic rings. The first kappa shape index (κ1) is 15.6. The van der Waals surface area contributed by atoms with E-state index in [0.717, 1.165) is 44.6 Å². The Bertz CT molecular complexity index is 1450. The van der Waals surface area contributed by atoms with Crippen molar-refractivity contribution in [1.29, 1.82) is 0 Å². The maximum absolute atomic E-state index is 5.20. The molecule has 9 heteroatoms. The molecule has 138 valence electrons. The van der Waals surface area contributed by atoms with Gasteiger partial charge >= 0.3 is 0 Å². The normalized spacial score (nSPS) is 11.4. The van der Waals surface area contributed by atoms with E-state index >= 15 is 0 Å². The highest BCUT2D eigenvalue weighted by Gasteiger charge is 2.17. The molecule has 0 spiro atoms. The molecule has 0 atom stereocenters. The summed E-state index contributed by atoms with van der Waals surface area (Å²) in [5.41, 5.74) is 6.18. The third-order valence-corrected chi connectivity index (χ3v) is 4.70. The van der Waals surface area contributed by atoms with Gasteiger partial charge in [0.05, 0.1) is 35.3 Å². The van der Waals surface area contributed by atoms with Gasteiger partial charge in [-0.2, -0.15) is 5.10 Å². The quantitative estimate of drug-likeness (QED) is 0.481. The van der Waals surface area contributed by atoms with Gasteiger partial charge < -0.3 is 9.40 Å². The number of rotatable bonds is 3. The van der Waals surface area contributed by atoms with Crippen molar-refractivity contribution < 1.29 is 4.42 Å². The minimum atomic E-state index is 0.598. The fourth-order valence-electron chi connectivity index (χ4n) is 3.33. The molecule has 0 amide bonds. The summed E-state index contributed by atoms with van der Waals surface area (Å²) in [7, 11) is 0. The maximum Gasteiger partial charge on any atom is 0.181 e. The van der Waals surface area contributed by atoms with E-state index in [1.807, 2.05) is 18.2 Å². The molecule has 0 aromatic carbocycles. The molecule has 0 unspecified atom stereocenters. The zero-order valence-corrected chi connectivity index (χ0v) is 14.9. The average molecular weight is 380 g/mol. The van der Waals surface area contributed by atoms with Crippen molar-refractivity contribution in [2.75, 3.05) is 0 Å². The van der Waals surface area contributed by atoms with Crippen molar-refractivity contribution in [1.82, 2.24) is 40.1 Å². The monoisotopic (exact) mass is 380 g/mol. The third-order valence-electron chi connectivity index (χ3n) is 4.70. The predicted molar refractivity (Wildman–Crippen MR) is 105 cm³/mol. The largest absolute Gasteiger partial charge is 0.472 e. The number of pyridine rings is 2. The zero-order valence-electron chi connectivity index (χ0n) is 14.9. The highest BCUT2D eigenvalue weighted by atomic mass is 16.3. The first-order chi connectivity index (χ1) is 14.4. The van der Waals surface area contributed by atoms with E-state index in [-0.39, 0.29) is 0 Å². The second kappa shape index (κ2) is 6.06. The number of furan rings is 1. The lowest BCUT2D eigenvalue weighted by Gasteiger charge is -1.99. The molecule has 2 N–H and O–H groups in total. The van der Waals surface area contributed by atoms with Gasteiger partial charge in [-0.25, -0.2) is 9.97 Å². The van der Waals surface area contributed by atoms with E-state index < -0.39 is 0 Å².